The number of carbonyl (C=O) groups excluding carboxylic acids is 1. The Morgan fingerprint density at radius 2 is 1.88 bits per heavy atom. The van der Waals surface area contributed by atoms with Crippen LogP contribution < -0.4 is 10.9 Å². The van der Waals surface area contributed by atoms with Gasteiger partial charge in [0.15, 0.2) is 0 Å². The summed E-state index contributed by atoms with van der Waals surface area (Å²) in [6.07, 6.45) is 0. The summed E-state index contributed by atoms with van der Waals surface area (Å²) < 4.78 is 14.5. The number of aromatic hydroxyl groups is 1. The van der Waals surface area contributed by atoms with Gasteiger partial charge in [-0.05, 0) is 42.8 Å². The van der Waals surface area contributed by atoms with Crippen LogP contribution in [-0.4, -0.2) is 20.8 Å². The molecule has 1 amide bonds. The van der Waals surface area contributed by atoms with Gasteiger partial charge in [-0.1, -0.05) is 18.2 Å². The molecule has 1 heterocycles. The second kappa shape index (κ2) is 7.18. The molecule has 7 heteroatoms. The zero-order valence-corrected chi connectivity index (χ0v) is 13.9. The molecule has 2 aromatic carbocycles. The van der Waals surface area contributed by atoms with E-state index >= 15 is 0 Å². The summed E-state index contributed by atoms with van der Waals surface area (Å²) >= 11 is 0. The Labute approximate surface area is 148 Å². The third kappa shape index (κ3) is 3.77. The van der Waals surface area contributed by atoms with Gasteiger partial charge in [-0.25, -0.2) is 4.39 Å². The highest BCUT2D eigenvalue weighted by Crippen LogP contribution is 2.20. The lowest BCUT2D eigenvalue weighted by Gasteiger charge is -2.15. The smallest absolute Gasteiger partial charge is 0.272 e. The van der Waals surface area contributed by atoms with Crippen molar-refractivity contribution in [2.75, 3.05) is 0 Å². The molecule has 0 spiro atoms. The average molecular weight is 353 g/mol. The number of hydrogen-bond acceptors (Lipinski definition) is 4. The van der Waals surface area contributed by atoms with Gasteiger partial charge in [0.25, 0.3) is 11.5 Å². The Morgan fingerprint density at radius 1 is 1.15 bits per heavy atom. The number of nitrogens with zero attached hydrogens (tertiary/aromatic N) is 2. The van der Waals surface area contributed by atoms with E-state index in [9.17, 15) is 19.1 Å². The highest BCUT2D eigenvalue weighted by molar-refractivity contribution is 5.92. The first-order valence-electron chi connectivity index (χ1n) is 7.90. The number of para-hydroxylation sites is 1. The Hall–Kier alpha value is -3.48. The Morgan fingerprint density at radius 3 is 2.58 bits per heavy atom. The van der Waals surface area contributed by atoms with Crippen LogP contribution in [0.25, 0.3) is 5.69 Å². The van der Waals surface area contributed by atoms with E-state index in [1.165, 1.54) is 24.3 Å². The van der Waals surface area contributed by atoms with Gasteiger partial charge in [-0.15, -0.1) is 0 Å². The molecule has 0 unspecified atom stereocenters. The molecule has 26 heavy (non-hydrogen) atoms. The number of rotatable bonds is 4. The number of aromatic nitrogens is 2. The number of carbonyl (C=O) groups is 1. The van der Waals surface area contributed by atoms with Crippen molar-refractivity contribution in [1.82, 2.24) is 15.1 Å². The van der Waals surface area contributed by atoms with Crippen LogP contribution in [-0.2, 0) is 0 Å². The minimum Gasteiger partial charge on any atom is -0.508 e. The molecule has 3 rings (SSSR count). The van der Waals surface area contributed by atoms with Crippen molar-refractivity contribution >= 4 is 5.91 Å². The number of amides is 1. The highest BCUT2D eigenvalue weighted by atomic mass is 19.1. The first-order chi connectivity index (χ1) is 12.4. The standard InChI is InChI=1S/C19H16FN3O3/c1-12(13-9-14(20)11-16(24)10-13)21-19(26)17-7-8-18(25)23(22-17)15-5-3-2-4-6-15/h2-12,24H,1H3,(H,21,26)/t12-/m1/s1. The van der Waals surface area contributed by atoms with Crippen LogP contribution in [0, 0.1) is 5.82 Å². The quantitative estimate of drug-likeness (QED) is 0.755. The van der Waals surface area contributed by atoms with Crippen LogP contribution in [0.3, 0.4) is 0 Å². The molecule has 0 aliphatic heterocycles. The first kappa shape index (κ1) is 17.3. The van der Waals surface area contributed by atoms with E-state index in [2.05, 4.69) is 10.4 Å². The summed E-state index contributed by atoms with van der Waals surface area (Å²) in [5, 5.41) is 16.2. The molecule has 0 radical (unpaired) electrons. The van der Waals surface area contributed by atoms with Crippen molar-refractivity contribution in [1.29, 1.82) is 0 Å². The largest absolute Gasteiger partial charge is 0.508 e. The topological polar surface area (TPSA) is 84.2 Å². The second-order valence-corrected chi connectivity index (χ2v) is 5.74. The van der Waals surface area contributed by atoms with E-state index in [0.29, 0.717) is 11.3 Å². The molecule has 2 N–H and O–H groups in total. The van der Waals surface area contributed by atoms with Crippen molar-refractivity contribution in [3.05, 3.63) is 88.1 Å². The number of nitrogens with one attached hydrogen (secondary N) is 1. The third-order valence-corrected chi connectivity index (χ3v) is 3.79. The van der Waals surface area contributed by atoms with E-state index in [1.54, 1.807) is 37.3 Å². The van der Waals surface area contributed by atoms with E-state index in [0.717, 1.165) is 10.7 Å². The van der Waals surface area contributed by atoms with Gasteiger partial charge in [-0.2, -0.15) is 9.78 Å². The van der Waals surface area contributed by atoms with E-state index in [1.807, 2.05) is 0 Å². The molecular formula is C19H16FN3O3. The zero-order chi connectivity index (χ0) is 18.7. The lowest BCUT2D eigenvalue weighted by Crippen LogP contribution is -2.30. The molecule has 0 bridgehead atoms. The summed E-state index contributed by atoms with van der Waals surface area (Å²) in [4.78, 5) is 24.5. The summed E-state index contributed by atoms with van der Waals surface area (Å²) in [5.74, 6) is -1.35. The predicted octanol–water partition coefficient (Wildman–Crippen LogP) is 2.57. The maximum absolute atomic E-state index is 13.4. The summed E-state index contributed by atoms with van der Waals surface area (Å²) in [6.45, 7) is 1.65. The van der Waals surface area contributed by atoms with E-state index in [4.69, 9.17) is 0 Å². The molecule has 132 valence electrons. The van der Waals surface area contributed by atoms with Crippen LogP contribution in [0.1, 0.15) is 29.0 Å². The van der Waals surface area contributed by atoms with Crippen molar-refractivity contribution < 1.29 is 14.3 Å². The monoisotopic (exact) mass is 353 g/mol. The minimum absolute atomic E-state index is 0.0425. The Kier molecular flexibility index (Phi) is 4.79. The summed E-state index contributed by atoms with van der Waals surface area (Å²) in [6, 6.07) is 14.3. The van der Waals surface area contributed by atoms with Gasteiger partial charge >= 0.3 is 0 Å². The molecule has 1 atom stereocenters. The minimum atomic E-state index is -0.600. The van der Waals surface area contributed by atoms with Crippen molar-refractivity contribution in [3.63, 3.8) is 0 Å². The predicted molar refractivity (Wildman–Crippen MR) is 93.8 cm³/mol. The van der Waals surface area contributed by atoms with Gasteiger partial charge in [0.2, 0.25) is 0 Å². The fraction of sp³-hybridized carbons (Fsp3) is 0.105. The SMILES string of the molecule is C[C@@H](NC(=O)c1ccc(=O)n(-c2ccccc2)n1)c1cc(O)cc(F)c1. The Balaban J connectivity index is 1.85. The lowest BCUT2D eigenvalue weighted by molar-refractivity contribution is 0.0933. The van der Waals surface area contributed by atoms with Gasteiger partial charge in [0.1, 0.15) is 17.3 Å². The third-order valence-electron chi connectivity index (χ3n) is 3.79. The van der Waals surface area contributed by atoms with Crippen LogP contribution in [0.2, 0.25) is 0 Å². The second-order valence-electron chi connectivity index (χ2n) is 5.74. The average Bonchev–Trinajstić information content (AvgIpc) is 2.62. The van der Waals surface area contributed by atoms with Crippen LogP contribution >= 0.6 is 0 Å². The van der Waals surface area contributed by atoms with Gasteiger partial charge in [-0.3, -0.25) is 9.59 Å². The molecular weight excluding hydrogens is 337 g/mol. The number of benzene rings is 2. The van der Waals surface area contributed by atoms with E-state index in [-0.39, 0.29) is 17.0 Å². The summed E-state index contributed by atoms with van der Waals surface area (Å²) in [7, 11) is 0. The fourth-order valence-electron chi connectivity index (χ4n) is 2.49. The first-order valence-corrected chi connectivity index (χ1v) is 7.90. The van der Waals surface area contributed by atoms with Crippen molar-refractivity contribution in [3.8, 4) is 11.4 Å². The molecule has 0 saturated heterocycles. The number of phenolic OH excluding ortho intramolecular Hbond substituents is 1. The van der Waals surface area contributed by atoms with Gasteiger partial charge in [0.05, 0.1) is 11.7 Å². The molecule has 1 aromatic heterocycles. The number of phenols is 1. The van der Waals surface area contributed by atoms with Gasteiger partial charge in [0, 0.05) is 12.1 Å². The zero-order valence-electron chi connectivity index (χ0n) is 13.9. The van der Waals surface area contributed by atoms with Crippen LogP contribution in [0.15, 0.2) is 65.5 Å². The number of halogens is 1. The van der Waals surface area contributed by atoms with Crippen molar-refractivity contribution in [2.45, 2.75) is 13.0 Å². The number of hydrogen-bond donors (Lipinski definition) is 2. The van der Waals surface area contributed by atoms with Crippen molar-refractivity contribution in [2.24, 2.45) is 0 Å². The highest BCUT2D eigenvalue weighted by Gasteiger charge is 2.15. The van der Waals surface area contributed by atoms with Crippen LogP contribution in [0.4, 0.5) is 4.39 Å². The molecule has 0 aliphatic rings. The molecule has 3 aromatic rings. The maximum atomic E-state index is 13.4. The molecule has 0 saturated carbocycles. The van der Waals surface area contributed by atoms with Crippen LogP contribution in [0.5, 0.6) is 5.75 Å². The molecule has 6 nitrogen and oxygen atoms in total. The normalized spacial score (nSPS) is 11.8. The fourth-order valence-corrected chi connectivity index (χ4v) is 2.49. The molecule has 0 aliphatic carbocycles. The Bertz CT molecular complexity index is 982. The summed E-state index contributed by atoms with van der Waals surface area (Å²) in [5.41, 5.74) is 0.624. The maximum Gasteiger partial charge on any atom is 0.272 e. The molecule has 0 fully saturated rings. The van der Waals surface area contributed by atoms with Gasteiger partial charge < -0.3 is 10.4 Å². The van der Waals surface area contributed by atoms with E-state index < -0.39 is 17.8 Å². The lowest BCUT2D eigenvalue weighted by atomic mass is 10.1.